The molecule has 1 rings (SSSR count). The average Bonchev–Trinajstić information content (AvgIpc) is 2.25. The van der Waals surface area contributed by atoms with E-state index >= 15 is 0 Å². The first kappa shape index (κ1) is 11.3. The number of rotatable bonds is 6. The van der Waals surface area contributed by atoms with Gasteiger partial charge in [0.05, 0.1) is 13.2 Å². The van der Waals surface area contributed by atoms with Crippen LogP contribution in [0.1, 0.15) is 11.1 Å². The number of thiol groups is 1. The van der Waals surface area contributed by atoms with Crippen LogP contribution in [0.5, 0.6) is 0 Å². The molecule has 0 heterocycles. The van der Waals surface area contributed by atoms with Gasteiger partial charge >= 0.3 is 0 Å². The van der Waals surface area contributed by atoms with E-state index in [-0.39, 0.29) is 0 Å². The fraction of sp³-hybridized carbons (Fsp3) is 0.333. The van der Waals surface area contributed by atoms with Gasteiger partial charge < -0.3 is 4.74 Å². The summed E-state index contributed by atoms with van der Waals surface area (Å²) in [4.78, 5) is 0. The first-order chi connectivity index (χ1) is 6.86. The summed E-state index contributed by atoms with van der Waals surface area (Å²) in [5.41, 5.74) is 2.46. The molecule has 0 aliphatic heterocycles. The van der Waals surface area contributed by atoms with E-state index in [1.165, 1.54) is 5.56 Å². The molecule has 76 valence electrons. The molecule has 1 aromatic carbocycles. The minimum atomic E-state index is 0.730. The summed E-state index contributed by atoms with van der Waals surface area (Å²) in [5.74, 6) is 0.787. The zero-order chi connectivity index (χ0) is 10.2. The highest BCUT2D eigenvalue weighted by atomic mass is 32.1. The van der Waals surface area contributed by atoms with Gasteiger partial charge in [-0.05, 0) is 17.5 Å². The van der Waals surface area contributed by atoms with Crippen molar-refractivity contribution in [1.29, 1.82) is 0 Å². The van der Waals surface area contributed by atoms with E-state index in [1.807, 2.05) is 6.08 Å². The number of hydrogen-bond donors (Lipinski definition) is 1. The average molecular weight is 208 g/mol. The summed E-state index contributed by atoms with van der Waals surface area (Å²) < 4.78 is 5.35. The lowest BCUT2D eigenvalue weighted by molar-refractivity contribution is 0.153. The molecule has 0 aliphatic carbocycles. The highest BCUT2D eigenvalue weighted by Crippen LogP contribution is 2.06. The Kier molecular flexibility index (Phi) is 5.42. The lowest BCUT2D eigenvalue weighted by atomic mass is 10.1. The van der Waals surface area contributed by atoms with Crippen LogP contribution < -0.4 is 0 Å². The van der Waals surface area contributed by atoms with Gasteiger partial charge in [-0.1, -0.05) is 36.9 Å². The summed E-state index contributed by atoms with van der Waals surface area (Å²) in [6.07, 6.45) is 2.81. The monoisotopic (exact) mass is 208 g/mol. The Balaban J connectivity index is 2.32. The standard InChI is InChI=1S/C12H16OS/c1-2-11-3-5-12(6-4-11)7-8-13-9-10-14/h2-6,14H,1,7-10H2. The molecule has 0 amide bonds. The van der Waals surface area contributed by atoms with Gasteiger partial charge in [-0.25, -0.2) is 0 Å². The van der Waals surface area contributed by atoms with Gasteiger partial charge in [0, 0.05) is 5.75 Å². The van der Waals surface area contributed by atoms with Crippen LogP contribution in [0.4, 0.5) is 0 Å². The Morgan fingerprint density at radius 3 is 2.50 bits per heavy atom. The predicted molar refractivity (Wildman–Crippen MR) is 64.9 cm³/mol. The minimum Gasteiger partial charge on any atom is -0.380 e. The third-order valence-corrected chi connectivity index (χ3v) is 2.17. The fourth-order valence-electron chi connectivity index (χ4n) is 1.18. The van der Waals surface area contributed by atoms with Crippen LogP contribution in [0, 0.1) is 0 Å². The van der Waals surface area contributed by atoms with Crippen molar-refractivity contribution in [2.45, 2.75) is 6.42 Å². The Morgan fingerprint density at radius 2 is 1.93 bits per heavy atom. The molecule has 0 aromatic heterocycles. The van der Waals surface area contributed by atoms with Gasteiger partial charge in [0.1, 0.15) is 0 Å². The fourth-order valence-corrected chi connectivity index (χ4v) is 1.31. The van der Waals surface area contributed by atoms with Gasteiger partial charge in [-0.15, -0.1) is 0 Å². The predicted octanol–water partition coefficient (Wildman–Crippen LogP) is 2.82. The lowest BCUT2D eigenvalue weighted by Crippen LogP contribution is -2.00. The molecule has 2 heteroatoms. The molecule has 0 radical (unpaired) electrons. The molecule has 0 fully saturated rings. The highest BCUT2D eigenvalue weighted by molar-refractivity contribution is 7.80. The van der Waals surface area contributed by atoms with E-state index in [1.54, 1.807) is 0 Å². The number of hydrogen-bond acceptors (Lipinski definition) is 2. The van der Waals surface area contributed by atoms with Crippen LogP contribution in [0.3, 0.4) is 0 Å². The van der Waals surface area contributed by atoms with E-state index in [4.69, 9.17) is 4.74 Å². The van der Waals surface area contributed by atoms with Crippen LogP contribution in [0.15, 0.2) is 30.8 Å². The molecule has 0 saturated carbocycles. The van der Waals surface area contributed by atoms with E-state index < -0.39 is 0 Å². The first-order valence-electron chi connectivity index (χ1n) is 4.77. The Morgan fingerprint density at radius 1 is 1.21 bits per heavy atom. The van der Waals surface area contributed by atoms with Gasteiger partial charge in [0.15, 0.2) is 0 Å². The van der Waals surface area contributed by atoms with Gasteiger partial charge in [0.2, 0.25) is 0 Å². The van der Waals surface area contributed by atoms with Gasteiger partial charge in [-0.2, -0.15) is 12.6 Å². The van der Waals surface area contributed by atoms with Crippen LogP contribution >= 0.6 is 12.6 Å². The largest absolute Gasteiger partial charge is 0.380 e. The molecular formula is C12H16OS. The van der Waals surface area contributed by atoms with E-state index in [0.717, 1.165) is 31.0 Å². The summed E-state index contributed by atoms with van der Waals surface area (Å²) in [6, 6.07) is 8.37. The summed E-state index contributed by atoms with van der Waals surface area (Å²) in [5, 5.41) is 0. The lowest BCUT2D eigenvalue weighted by Gasteiger charge is -2.02. The second kappa shape index (κ2) is 6.68. The third-order valence-electron chi connectivity index (χ3n) is 1.99. The van der Waals surface area contributed by atoms with Crippen molar-refractivity contribution in [3.05, 3.63) is 42.0 Å². The normalized spacial score (nSPS) is 10.1. The Bertz CT molecular complexity index is 266. The molecule has 0 spiro atoms. The van der Waals surface area contributed by atoms with Crippen LogP contribution in [-0.4, -0.2) is 19.0 Å². The third kappa shape index (κ3) is 3.99. The molecule has 14 heavy (non-hydrogen) atoms. The first-order valence-corrected chi connectivity index (χ1v) is 5.40. The highest BCUT2D eigenvalue weighted by Gasteiger charge is 1.92. The molecule has 0 unspecified atom stereocenters. The van der Waals surface area contributed by atoms with Crippen LogP contribution in [-0.2, 0) is 11.2 Å². The molecule has 0 N–H and O–H groups in total. The van der Waals surface area contributed by atoms with Crippen molar-refractivity contribution in [3.63, 3.8) is 0 Å². The quantitative estimate of drug-likeness (QED) is 0.558. The van der Waals surface area contributed by atoms with Crippen molar-refractivity contribution >= 4 is 18.7 Å². The van der Waals surface area contributed by atoms with E-state index in [0.29, 0.717) is 0 Å². The SMILES string of the molecule is C=Cc1ccc(CCOCCS)cc1. The van der Waals surface area contributed by atoms with E-state index in [2.05, 4.69) is 43.5 Å². The van der Waals surface area contributed by atoms with Crippen molar-refractivity contribution in [2.24, 2.45) is 0 Å². The van der Waals surface area contributed by atoms with Gasteiger partial charge in [0.25, 0.3) is 0 Å². The second-order valence-electron chi connectivity index (χ2n) is 3.03. The Hall–Kier alpha value is -0.730. The molecule has 1 aromatic rings. The smallest absolute Gasteiger partial charge is 0.0554 e. The number of benzene rings is 1. The topological polar surface area (TPSA) is 9.23 Å². The maximum atomic E-state index is 5.35. The molecule has 0 bridgehead atoms. The summed E-state index contributed by atoms with van der Waals surface area (Å²) >= 11 is 4.07. The molecule has 0 aliphatic rings. The zero-order valence-corrected chi connectivity index (χ0v) is 9.17. The van der Waals surface area contributed by atoms with Crippen LogP contribution in [0.25, 0.3) is 6.08 Å². The molecule has 0 saturated heterocycles. The summed E-state index contributed by atoms with van der Waals surface area (Å²) in [6.45, 7) is 5.22. The maximum absolute atomic E-state index is 5.35. The van der Waals surface area contributed by atoms with Crippen molar-refractivity contribution in [2.75, 3.05) is 19.0 Å². The van der Waals surface area contributed by atoms with E-state index in [9.17, 15) is 0 Å². The maximum Gasteiger partial charge on any atom is 0.0554 e. The van der Waals surface area contributed by atoms with Crippen LogP contribution in [0.2, 0.25) is 0 Å². The minimum absolute atomic E-state index is 0.730. The van der Waals surface area contributed by atoms with Gasteiger partial charge in [-0.3, -0.25) is 0 Å². The van der Waals surface area contributed by atoms with Crippen molar-refractivity contribution in [1.82, 2.24) is 0 Å². The number of ether oxygens (including phenoxy) is 1. The Labute approximate surface area is 91.2 Å². The second-order valence-corrected chi connectivity index (χ2v) is 3.48. The zero-order valence-electron chi connectivity index (χ0n) is 8.28. The molecular weight excluding hydrogens is 192 g/mol. The molecule has 0 atom stereocenters. The molecule has 1 nitrogen and oxygen atoms in total. The van der Waals surface area contributed by atoms with Crippen molar-refractivity contribution < 1.29 is 4.74 Å². The van der Waals surface area contributed by atoms with Crippen molar-refractivity contribution in [3.8, 4) is 0 Å². The summed E-state index contributed by atoms with van der Waals surface area (Å²) in [7, 11) is 0.